The predicted molar refractivity (Wildman–Crippen MR) is 106 cm³/mol. The minimum Gasteiger partial charge on any atom is -0.350 e. The molecule has 2 aromatic carbocycles. The summed E-state index contributed by atoms with van der Waals surface area (Å²) in [5.41, 5.74) is 3.50. The van der Waals surface area contributed by atoms with Gasteiger partial charge in [0.05, 0.1) is 23.5 Å². The third-order valence-electron chi connectivity index (χ3n) is 3.64. The van der Waals surface area contributed by atoms with Gasteiger partial charge in [-0.15, -0.1) is 0 Å². The number of nitrogens with one attached hydrogen (secondary N) is 3. The molecule has 0 heterocycles. The maximum atomic E-state index is 14.2. The van der Waals surface area contributed by atoms with E-state index in [0.717, 1.165) is 6.07 Å². The molecule has 28 heavy (non-hydrogen) atoms. The number of hydrogen-bond acceptors (Lipinski definition) is 5. The molecule has 4 N–H and O–H groups in total. The first-order valence-electron chi connectivity index (χ1n) is 8.28. The first kappa shape index (κ1) is 22.0. The van der Waals surface area contributed by atoms with Crippen molar-refractivity contribution in [2.45, 2.75) is 19.3 Å². The van der Waals surface area contributed by atoms with Gasteiger partial charge in [0.15, 0.2) is 0 Å². The summed E-state index contributed by atoms with van der Waals surface area (Å²) in [5, 5.41) is 11.0. The fourth-order valence-corrected chi connectivity index (χ4v) is 2.71. The zero-order valence-electron chi connectivity index (χ0n) is 14.6. The highest BCUT2D eigenvalue weighted by atomic mass is 127. The van der Waals surface area contributed by atoms with Crippen molar-refractivity contribution in [3.05, 3.63) is 57.2 Å². The van der Waals surface area contributed by atoms with Gasteiger partial charge in [-0.3, -0.25) is 19.6 Å². The molecule has 0 bridgehead atoms. The summed E-state index contributed by atoms with van der Waals surface area (Å²) in [6.07, 6.45) is 1.02. The second kappa shape index (κ2) is 10.9. The van der Waals surface area contributed by atoms with Gasteiger partial charge in [-0.25, -0.2) is 19.7 Å². The van der Waals surface area contributed by atoms with Gasteiger partial charge in [0.1, 0.15) is 11.6 Å². The van der Waals surface area contributed by atoms with E-state index in [-0.39, 0.29) is 30.0 Å². The summed E-state index contributed by atoms with van der Waals surface area (Å²) >= 11 is 1.95. The summed E-state index contributed by atoms with van der Waals surface area (Å²) in [6.45, 7) is 0.119. The number of unbranched alkanes of at least 4 members (excludes halogenated alkanes) is 1. The Morgan fingerprint density at radius 3 is 2.61 bits per heavy atom. The van der Waals surface area contributed by atoms with Gasteiger partial charge in [0.2, 0.25) is 5.91 Å². The number of anilines is 2. The molecule has 0 saturated heterocycles. The van der Waals surface area contributed by atoms with Crippen molar-refractivity contribution >= 4 is 45.8 Å². The average molecular weight is 505 g/mol. The maximum absolute atomic E-state index is 14.2. The fourth-order valence-electron chi connectivity index (χ4n) is 2.25. The first-order chi connectivity index (χ1) is 13.4. The van der Waals surface area contributed by atoms with E-state index in [1.54, 1.807) is 6.07 Å². The standard InChI is InChI=1S/C18H18F2IN3O4/c19-13-5-3-4-12(17(13)22-15-8-7-11(21)10-14(15)20)18(26)24-28-9-2-1-6-16(25)23-27/h3-5,7-8,10,22,27H,1-2,6,9H2,(H,23,25)(H,24,26). The van der Waals surface area contributed by atoms with Gasteiger partial charge in [-0.1, -0.05) is 6.07 Å². The Bertz CT molecular complexity index is 852. The Morgan fingerprint density at radius 2 is 1.89 bits per heavy atom. The van der Waals surface area contributed by atoms with Crippen LogP contribution in [0.5, 0.6) is 0 Å². The smallest absolute Gasteiger partial charge is 0.277 e. The molecule has 0 saturated carbocycles. The number of carbonyl (C=O) groups is 2. The monoisotopic (exact) mass is 505 g/mol. The number of amides is 2. The highest BCUT2D eigenvalue weighted by Gasteiger charge is 2.17. The molecule has 0 aliphatic carbocycles. The van der Waals surface area contributed by atoms with Gasteiger partial charge >= 0.3 is 0 Å². The molecule has 0 atom stereocenters. The number of hydrogen-bond donors (Lipinski definition) is 4. The highest BCUT2D eigenvalue weighted by molar-refractivity contribution is 14.1. The fraction of sp³-hybridized carbons (Fsp3) is 0.222. The van der Waals surface area contributed by atoms with E-state index in [4.69, 9.17) is 10.0 Å². The van der Waals surface area contributed by atoms with Crippen molar-refractivity contribution in [3.63, 3.8) is 0 Å². The van der Waals surface area contributed by atoms with E-state index in [1.807, 2.05) is 22.6 Å². The van der Waals surface area contributed by atoms with Crippen molar-refractivity contribution in [1.82, 2.24) is 11.0 Å². The van der Waals surface area contributed by atoms with Crippen LogP contribution < -0.4 is 16.3 Å². The van der Waals surface area contributed by atoms with Crippen molar-refractivity contribution in [3.8, 4) is 0 Å². The molecule has 2 amide bonds. The summed E-state index contributed by atoms with van der Waals surface area (Å²) in [6, 6.07) is 8.25. The van der Waals surface area contributed by atoms with E-state index in [2.05, 4.69) is 10.8 Å². The lowest BCUT2D eigenvalue weighted by molar-refractivity contribution is -0.129. The SMILES string of the molecule is O=C(CCCCONC(=O)c1cccc(F)c1Nc1ccc(I)cc1F)NO. The van der Waals surface area contributed by atoms with Crippen molar-refractivity contribution < 1.29 is 28.4 Å². The topological polar surface area (TPSA) is 99.7 Å². The van der Waals surface area contributed by atoms with E-state index in [0.29, 0.717) is 16.4 Å². The molecule has 10 heteroatoms. The van der Waals surface area contributed by atoms with Crippen LogP contribution in [0.15, 0.2) is 36.4 Å². The Balaban J connectivity index is 1.98. The molecule has 0 radical (unpaired) electrons. The number of rotatable bonds is 9. The van der Waals surface area contributed by atoms with Gasteiger partial charge in [0.25, 0.3) is 5.91 Å². The summed E-state index contributed by atoms with van der Waals surface area (Å²) in [5.74, 6) is -2.52. The Labute approximate surface area is 173 Å². The molecule has 0 unspecified atom stereocenters. The molecule has 2 rings (SSSR count). The quantitative estimate of drug-likeness (QED) is 0.181. The van der Waals surface area contributed by atoms with E-state index in [9.17, 15) is 18.4 Å². The van der Waals surface area contributed by atoms with Crippen LogP contribution in [0, 0.1) is 15.2 Å². The second-order valence-corrected chi connectivity index (χ2v) is 6.93. The molecule has 0 aliphatic rings. The molecule has 7 nitrogen and oxygen atoms in total. The molecular formula is C18H18F2IN3O4. The lowest BCUT2D eigenvalue weighted by Gasteiger charge is -2.14. The largest absolute Gasteiger partial charge is 0.350 e. The summed E-state index contributed by atoms with van der Waals surface area (Å²) < 4.78 is 29.0. The lowest BCUT2D eigenvalue weighted by Crippen LogP contribution is -2.25. The van der Waals surface area contributed by atoms with Crippen LogP contribution in [0.2, 0.25) is 0 Å². The Morgan fingerprint density at radius 1 is 1.11 bits per heavy atom. The van der Waals surface area contributed by atoms with Crippen LogP contribution in [0.25, 0.3) is 0 Å². The van der Waals surface area contributed by atoms with Crippen LogP contribution in [0.3, 0.4) is 0 Å². The predicted octanol–water partition coefficient (Wildman–Crippen LogP) is 3.65. The normalized spacial score (nSPS) is 10.4. The third-order valence-corrected chi connectivity index (χ3v) is 4.31. The van der Waals surface area contributed by atoms with E-state index < -0.39 is 23.4 Å². The molecule has 150 valence electrons. The summed E-state index contributed by atoms with van der Waals surface area (Å²) in [7, 11) is 0. The zero-order valence-corrected chi connectivity index (χ0v) is 16.8. The van der Waals surface area contributed by atoms with Crippen LogP contribution in [0.4, 0.5) is 20.2 Å². The maximum Gasteiger partial charge on any atom is 0.277 e. The Hall–Kier alpha value is -2.31. The minimum atomic E-state index is -0.722. The van der Waals surface area contributed by atoms with Crippen LogP contribution >= 0.6 is 22.6 Å². The number of para-hydroxylation sites is 1. The molecule has 2 aromatic rings. The molecule has 0 aliphatic heterocycles. The zero-order chi connectivity index (χ0) is 20.5. The second-order valence-electron chi connectivity index (χ2n) is 5.68. The van der Waals surface area contributed by atoms with E-state index >= 15 is 0 Å². The Kier molecular flexibility index (Phi) is 8.54. The van der Waals surface area contributed by atoms with Crippen molar-refractivity contribution in [2.24, 2.45) is 0 Å². The van der Waals surface area contributed by atoms with Crippen LogP contribution in [0.1, 0.15) is 29.6 Å². The highest BCUT2D eigenvalue weighted by Crippen LogP contribution is 2.27. The number of benzene rings is 2. The van der Waals surface area contributed by atoms with Crippen LogP contribution in [-0.4, -0.2) is 23.6 Å². The van der Waals surface area contributed by atoms with Gasteiger partial charge in [-0.05, 0) is 65.8 Å². The van der Waals surface area contributed by atoms with Gasteiger partial charge in [-0.2, -0.15) is 0 Å². The molecular weight excluding hydrogens is 487 g/mol. The van der Waals surface area contributed by atoms with Gasteiger partial charge < -0.3 is 5.32 Å². The average Bonchev–Trinajstić information content (AvgIpc) is 2.67. The minimum absolute atomic E-state index is 0.0302. The number of hydroxylamine groups is 2. The van der Waals surface area contributed by atoms with Gasteiger partial charge in [0, 0.05) is 9.99 Å². The van der Waals surface area contributed by atoms with Crippen LogP contribution in [-0.2, 0) is 9.63 Å². The molecule has 0 fully saturated rings. The lowest BCUT2D eigenvalue weighted by atomic mass is 10.1. The number of halogens is 3. The molecule has 0 aromatic heterocycles. The molecule has 0 spiro atoms. The number of carbonyl (C=O) groups excluding carboxylic acids is 2. The van der Waals surface area contributed by atoms with Crippen molar-refractivity contribution in [2.75, 3.05) is 11.9 Å². The third kappa shape index (κ3) is 6.39. The summed E-state index contributed by atoms with van der Waals surface area (Å²) in [4.78, 5) is 28.2. The van der Waals surface area contributed by atoms with E-state index in [1.165, 1.54) is 29.7 Å². The first-order valence-corrected chi connectivity index (χ1v) is 9.36. The van der Waals surface area contributed by atoms with Crippen molar-refractivity contribution in [1.29, 1.82) is 0 Å².